The van der Waals surface area contributed by atoms with Crippen molar-refractivity contribution < 1.29 is 14.1 Å². The fraction of sp³-hybridized carbons (Fsp3) is 0.300. The Bertz CT molecular complexity index is 1070. The van der Waals surface area contributed by atoms with E-state index < -0.39 is 10.8 Å². The highest BCUT2D eigenvalue weighted by Gasteiger charge is 2.30. The minimum atomic E-state index is -0.507. The van der Waals surface area contributed by atoms with Gasteiger partial charge in [0.25, 0.3) is 11.6 Å². The van der Waals surface area contributed by atoms with Crippen molar-refractivity contribution in [2.75, 3.05) is 18.5 Å². The summed E-state index contributed by atoms with van der Waals surface area (Å²) in [7, 11) is 0. The van der Waals surface area contributed by atoms with Crippen molar-refractivity contribution >= 4 is 23.0 Å². The minimum Gasteiger partial charge on any atom is -0.455 e. The number of nitriles is 2. The highest BCUT2D eigenvalue weighted by Crippen LogP contribution is 2.31. The predicted molar refractivity (Wildman–Crippen MR) is 107 cm³/mol. The van der Waals surface area contributed by atoms with Crippen LogP contribution in [0.3, 0.4) is 0 Å². The third kappa shape index (κ3) is 4.13. The molecule has 0 spiro atoms. The van der Waals surface area contributed by atoms with E-state index in [0.29, 0.717) is 35.6 Å². The summed E-state index contributed by atoms with van der Waals surface area (Å²) in [5, 5.41) is 33.0. The van der Waals surface area contributed by atoms with Crippen molar-refractivity contribution in [3.05, 3.63) is 57.0 Å². The molecule has 0 atom stereocenters. The van der Waals surface area contributed by atoms with Gasteiger partial charge in [-0.3, -0.25) is 20.3 Å². The Kier molecular flexibility index (Phi) is 6.08. The van der Waals surface area contributed by atoms with Crippen LogP contribution in [-0.2, 0) is 6.42 Å². The smallest absolute Gasteiger partial charge is 0.291 e. The number of benzene rings is 1. The van der Waals surface area contributed by atoms with E-state index in [4.69, 9.17) is 14.9 Å². The number of carbonyl (C=O) groups excluding carboxylic acids is 1. The number of amides is 1. The second-order valence-electron chi connectivity index (χ2n) is 6.66. The second kappa shape index (κ2) is 8.88. The van der Waals surface area contributed by atoms with E-state index in [1.807, 2.05) is 12.1 Å². The molecule has 1 amide bonds. The van der Waals surface area contributed by atoms with E-state index in [9.17, 15) is 14.9 Å². The molecule has 10 heteroatoms. The Labute approximate surface area is 172 Å². The van der Waals surface area contributed by atoms with Gasteiger partial charge in [-0.2, -0.15) is 15.6 Å². The van der Waals surface area contributed by atoms with Gasteiger partial charge in [0.2, 0.25) is 0 Å². The number of fused-ring (bicyclic) bond motifs is 1. The Morgan fingerprint density at radius 1 is 1.27 bits per heavy atom. The van der Waals surface area contributed by atoms with Gasteiger partial charge in [-0.25, -0.2) is 0 Å². The van der Waals surface area contributed by atoms with Gasteiger partial charge in [-0.05, 0) is 31.9 Å². The van der Waals surface area contributed by atoms with Gasteiger partial charge in [0.05, 0.1) is 28.5 Å². The number of carbonyl (C=O) groups is 1. The van der Waals surface area contributed by atoms with Crippen LogP contribution in [0.5, 0.6) is 0 Å². The van der Waals surface area contributed by atoms with E-state index in [1.54, 1.807) is 19.1 Å². The molecule has 2 aromatic rings. The quantitative estimate of drug-likeness (QED) is 0.440. The molecule has 0 aliphatic heterocycles. The van der Waals surface area contributed by atoms with Crippen LogP contribution in [0.1, 0.15) is 40.3 Å². The molecule has 1 N–H and O–H groups in total. The van der Waals surface area contributed by atoms with Crippen LogP contribution in [0.15, 0.2) is 33.8 Å². The number of nitro benzene ring substituents is 1. The lowest BCUT2D eigenvalue weighted by molar-refractivity contribution is -0.384. The molecule has 10 nitrogen and oxygen atoms in total. The number of hydrogen-bond acceptors (Lipinski definition) is 8. The normalized spacial score (nSPS) is 13.8. The van der Waals surface area contributed by atoms with Gasteiger partial charge >= 0.3 is 0 Å². The Morgan fingerprint density at radius 2 is 1.93 bits per heavy atom. The monoisotopic (exact) mass is 406 g/mol. The molecule has 0 saturated heterocycles. The number of furan rings is 1. The van der Waals surface area contributed by atoms with E-state index >= 15 is 0 Å². The summed E-state index contributed by atoms with van der Waals surface area (Å²) in [5.41, 5.74) is 5.53. The van der Waals surface area contributed by atoms with Gasteiger partial charge in [0.1, 0.15) is 18.8 Å². The van der Waals surface area contributed by atoms with Crippen molar-refractivity contribution in [1.82, 2.24) is 4.90 Å². The van der Waals surface area contributed by atoms with Crippen LogP contribution in [0.2, 0.25) is 0 Å². The maximum absolute atomic E-state index is 12.8. The number of non-ortho nitro benzene ring substituents is 1. The third-order valence-electron chi connectivity index (χ3n) is 4.73. The minimum absolute atomic E-state index is 0.0127. The first kappa shape index (κ1) is 20.6. The zero-order chi connectivity index (χ0) is 21.7. The van der Waals surface area contributed by atoms with Gasteiger partial charge in [-0.1, -0.05) is 0 Å². The number of hydrogen-bond donors (Lipinski definition) is 1. The first-order chi connectivity index (χ1) is 14.5. The zero-order valence-corrected chi connectivity index (χ0v) is 16.2. The highest BCUT2D eigenvalue weighted by molar-refractivity contribution is 6.06. The second-order valence-corrected chi connectivity index (χ2v) is 6.66. The molecule has 0 unspecified atom stereocenters. The summed E-state index contributed by atoms with van der Waals surface area (Å²) < 4.78 is 5.80. The number of nitrogens with one attached hydrogen (secondary N) is 1. The Morgan fingerprint density at radius 3 is 2.53 bits per heavy atom. The van der Waals surface area contributed by atoms with Crippen molar-refractivity contribution in [2.45, 2.75) is 26.2 Å². The van der Waals surface area contributed by atoms with Gasteiger partial charge in [0.15, 0.2) is 5.76 Å². The van der Waals surface area contributed by atoms with Crippen LogP contribution in [0.4, 0.5) is 11.4 Å². The van der Waals surface area contributed by atoms with E-state index in [-0.39, 0.29) is 24.5 Å². The molecular formula is C20H18N6O4. The highest BCUT2D eigenvalue weighted by atomic mass is 16.6. The average Bonchev–Trinajstić information content (AvgIpc) is 3.09. The maximum Gasteiger partial charge on any atom is 0.291 e. The SMILES string of the molecule is Cc1c(C(=O)N(CC#N)CC#N)oc2c1/C(=N/Nc1ccc([N+](=O)[O-])cc1)CCC2. The summed E-state index contributed by atoms with van der Waals surface area (Å²) in [4.78, 5) is 24.2. The predicted octanol–water partition coefficient (Wildman–Crippen LogP) is 3.14. The van der Waals surface area contributed by atoms with Crippen LogP contribution >= 0.6 is 0 Å². The average molecular weight is 406 g/mol. The molecule has 0 saturated carbocycles. The fourth-order valence-electron chi connectivity index (χ4n) is 3.29. The Balaban J connectivity index is 1.88. The van der Waals surface area contributed by atoms with Crippen LogP contribution in [0, 0.1) is 39.7 Å². The molecule has 30 heavy (non-hydrogen) atoms. The number of anilines is 1. The molecule has 1 aliphatic carbocycles. The van der Waals surface area contributed by atoms with E-state index in [2.05, 4.69) is 10.5 Å². The van der Waals surface area contributed by atoms with Crippen LogP contribution < -0.4 is 5.43 Å². The molecular weight excluding hydrogens is 388 g/mol. The van der Waals surface area contributed by atoms with E-state index in [1.165, 1.54) is 12.1 Å². The molecule has 0 bridgehead atoms. The molecule has 0 radical (unpaired) electrons. The summed E-state index contributed by atoms with van der Waals surface area (Å²) in [6, 6.07) is 9.64. The number of aryl methyl sites for hydroxylation is 1. The lowest BCUT2D eigenvalue weighted by Crippen LogP contribution is -2.32. The molecule has 1 aliphatic rings. The molecule has 1 aromatic carbocycles. The molecule has 1 heterocycles. The summed E-state index contributed by atoms with van der Waals surface area (Å²) in [6.07, 6.45) is 2.10. The lowest BCUT2D eigenvalue weighted by Gasteiger charge is -2.14. The van der Waals surface area contributed by atoms with Crippen LogP contribution in [-0.4, -0.2) is 34.5 Å². The third-order valence-corrected chi connectivity index (χ3v) is 4.73. The van der Waals surface area contributed by atoms with Crippen molar-refractivity contribution in [3.63, 3.8) is 0 Å². The van der Waals surface area contributed by atoms with Crippen molar-refractivity contribution in [2.24, 2.45) is 5.10 Å². The fourth-order valence-corrected chi connectivity index (χ4v) is 3.29. The Hall–Kier alpha value is -4.18. The molecule has 3 rings (SSSR count). The van der Waals surface area contributed by atoms with E-state index in [0.717, 1.165) is 16.9 Å². The number of nitro groups is 1. The van der Waals surface area contributed by atoms with Gasteiger partial charge < -0.3 is 9.32 Å². The molecule has 152 valence electrons. The van der Waals surface area contributed by atoms with Gasteiger partial charge in [0, 0.05) is 29.7 Å². The number of rotatable bonds is 6. The van der Waals surface area contributed by atoms with Crippen LogP contribution in [0.25, 0.3) is 0 Å². The maximum atomic E-state index is 12.8. The van der Waals surface area contributed by atoms with Crippen molar-refractivity contribution in [1.29, 1.82) is 10.5 Å². The largest absolute Gasteiger partial charge is 0.455 e. The summed E-state index contributed by atoms with van der Waals surface area (Å²) >= 11 is 0. The summed E-state index contributed by atoms with van der Waals surface area (Å²) in [5.74, 6) is 0.239. The standard InChI is InChI=1S/C20H18N6O4/c1-13-18-16(24-23-14-5-7-15(8-6-14)26(28)29)3-2-4-17(18)30-19(13)20(27)25(11-9-21)12-10-22/h5-8,23H,2-4,11-12H2,1H3/b24-16+. The lowest BCUT2D eigenvalue weighted by atomic mass is 9.93. The first-order valence-electron chi connectivity index (χ1n) is 9.19. The zero-order valence-electron chi connectivity index (χ0n) is 16.2. The molecule has 0 fully saturated rings. The molecule has 1 aromatic heterocycles. The first-order valence-corrected chi connectivity index (χ1v) is 9.19. The topological polar surface area (TPSA) is 149 Å². The number of nitrogens with zero attached hydrogens (tertiary/aromatic N) is 5. The van der Waals surface area contributed by atoms with Crippen molar-refractivity contribution in [3.8, 4) is 12.1 Å². The van der Waals surface area contributed by atoms with Gasteiger partial charge in [-0.15, -0.1) is 0 Å². The summed E-state index contributed by atoms with van der Waals surface area (Å²) in [6.45, 7) is 1.33. The number of hydrazone groups is 1.